The van der Waals surface area contributed by atoms with Gasteiger partial charge in [-0.1, -0.05) is 66.9 Å². The lowest BCUT2D eigenvalue weighted by Crippen LogP contribution is -2.46. The number of piperidine rings is 1. The standard InChI is InChI=1S/C33H38ClN3O4/c34-27-14-15-29-28(22-27)35-32(38)23-37(18-8-1-2-9-21-40-30-12-6-7-13-31(30)41-29)33(39)24-36-19-16-26(17-20-36)25-10-4-3-5-11-25/h3-7,10-15,22,26H,1-2,8-9,16-21,23-24H2,(H,35,38). The molecule has 2 aliphatic rings. The molecule has 5 rings (SSSR count). The summed E-state index contributed by atoms with van der Waals surface area (Å²) in [5.41, 5.74) is 1.81. The van der Waals surface area contributed by atoms with E-state index >= 15 is 0 Å². The van der Waals surface area contributed by atoms with Crippen molar-refractivity contribution in [3.63, 3.8) is 0 Å². The fourth-order valence-electron chi connectivity index (χ4n) is 5.50. The summed E-state index contributed by atoms with van der Waals surface area (Å²) in [7, 11) is 0. The molecule has 0 unspecified atom stereocenters. The Morgan fingerprint density at radius 1 is 0.854 bits per heavy atom. The van der Waals surface area contributed by atoms with Crippen LogP contribution in [0.2, 0.25) is 5.02 Å². The van der Waals surface area contributed by atoms with Crippen LogP contribution in [0.4, 0.5) is 5.69 Å². The first-order chi connectivity index (χ1) is 20.0. The molecule has 0 bridgehead atoms. The molecule has 2 heterocycles. The van der Waals surface area contributed by atoms with Gasteiger partial charge < -0.3 is 19.7 Å². The minimum Gasteiger partial charge on any atom is -0.490 e. The Kier molecular flexibility index (Phi) is 10.2. The second kappa shape index (κ2) is 14.4. The van der Waals surface area contributed by atoms with Gasteiger partial charge in [0.25, 0.3) is 0 Å². The van der Waals surface area contributed by atoms with E-state index in [-0.39, 0.29) is 18.4 Å². The van der Waals surface area contributed by atoms with E-state index in [0.717, 1.165) is 51.6 Å². The first-order valence-corrected chi connectivity index (χ1v) is 15.0. The van der Waals surface area contributed by atoms with Crippen LogP contribution in [0.5, 0.6) is 17.2 Å². The highest BCUT2D eigenvalue weighted by Gasteiger charge is 2.25. The number of fused-ring (bicyclic) bond motifs is 2. The molecule has 8 heteroatoms. The van der Waals surface area contributed by atoms with E-state index in [0.29, 0.717) is 53.6 Å². The highest BCUT2D eigenvalue weighted by Crippen LogP contribution is 2.36. The monoisotopic (exact) mass is 575 g/mol. The summed E-state index contributed by atoms with van der Waals surface area (Å²) in [6.45, 7) is 3.16. The van der Waals surface area contributed by atoms with Crippen molar-refractivity contribution >= 4 is 29.1 Å². The van der Waals surface area contributed by atoms with Gasteiger partial charge in [-0.25, -0.2) is 0 Å². The maximum absolute atomic E-state index is 13.5. The van der Waals surface area contributed by atoms with Gasteiger partial charge in [0.05, 0.1) is 25.4 Å². The Bertz CT molecular complexity index is 1310. The number of hydrogen-bond donors (Lipinski definition) is 1. The summed E-state index contributed by atoms with van der Waals surface area (Å²) in [4.78, 5) is 30.7. The third-order valence-corrected chi connectivity index (χ3v) is 8.00. The Labute approximate surface area is 247 Å². The number of benzene rings is 3. The molecule has 0 aromatic heterocycles. The van der Waals surface area contributed by atoms with Gasteiger partial charge in [-0.05, 0) is 80.6 Å². The van der Waals surface area contributed by atoms with E-state index < -0.39 is 0 Å². The van der Waals surface area contributed by atoms with Crippen molar-refractivity contribution in [3.05, 3.63) is 83.4 Å². The van der Waals surface area contributed by atoms with Crippen LogP contribution in [0.1, 0.15) is 50.0 Å². The molecule has 0 aliphatic carbocycles. The van der Waals surface area contributed by atoms with Crippen LogP contribution in [0.3, 0.4) is 0 Å². The molecule has 0 radical (unpaired) electrons. The highest BCUT2D eigenvalue weighted by molar-refractivity contribution is 6.31. The van der Waals surface area contributed by atoms with Crippen molar-refractivity contribution in [3.8, 4) is 17.2 Å². The minimum atomic E-state index is -0.287. The number of hydrogen-bond acceptors (Lipinski definition) is 5. The number of carbonyl (C=O) groups excluding carboxylic acids is 2. The van der Waals surface area contributed by atoms with Crippen molar-refractivity contribution in [2.75, 3.05) is 44.6 Å². The SMILES string of the molecule is O=C1CN(C(=O)CN2CCC(c3ccccc3)CC2)CCCCCCOc2ccccc2Oc2ccc(Cl)cc2N1. The highest BCUT2D eigenvalue weighted by atomic mass is 35.5. The summed E-state index contributed by atoms with van der Waals surface area (Å²) in [5, 5.41) is 3.40. The lowest BCUT2D eigenvalue weighted by molar-refractivity contribution is -0.136. The average molecular weight is 576 g/mol. The van der Waals surface area contributed by atoms with Gasteiger partial charge in [0, 0.05) is 11.6 Å². The van der Waals surface area contributed by atoms with Gasteiger partial charge >= 0.3 is 0 Å². The first-order valence-electron chi connectivity index (χ1n) is 14.6. The molecule has 216 valence electrons. The number of carbonyl (C=O) groups is 2. The zero-order valence-electron chi connectivity index (χ0n) is 23.4. The van der Waals surface area contributed by atoms with Gasteiger partial charge in [0.15, 0.2) is 17.2 Å². The third kappa shape index (κ3) is 8.24. The molecule has 2 amide bonds. The van der Waals surface area contributed by atoms with Gasteiger partial charge in [-0.15, -0.1) is 0 Å². The van der Waals surface area contributed by atoms with Crippen LogP contribution in [-0.2, 0) is 9.59 Å². The average Bonchev–Trinajstić information content (AvgIpc) is 2.98. The molecule has 0 atom stereocenters. The summed E-state index contributed by atoms with van der Waals surface area (Å²) < 4.78 is 12.2. The second-order valence-electron chi connectivity index (χ2n) is 10.8. The lowest BCUT2D eigenvalue weighted by atomic mass is 9.89. The van der Waals surface area contributed by atoms with Crippen molar-refractivity contribution in [1.29, 1.82) is 0 Å². The zero-order chi connectivity index (χ0) is 28.4. The van der Waals surface area contributed by atoms with Crippen LogP contribution in [0.25, 0.3) is 0 Å². The van der Waals surface area contributed by atoms with Crippen LogP contribution in [-0.4, -0.2) is 60.9 Å². The summed E-state index contributed by atoms with van der Waals surface area (Å²) in [5.74, 6) is 1.89. The maximum Gasteiger partial charge on any atom is 0.244 e. The van der Waals surface area contributed by atoms with Crippen molar-refractivity contribution in [2.45, 2.75) is 44.4 Å². The number of halogens is 1. The summed E-state index contributed by atoms with van der Waals surface area (Å²) in [6.07, 6.45) is 5.71. The van der Waals surface area contributed by atoms with Crippen LogP contribution in [0.15, 0.2) is 72.8 Å². The Hall–Kier alpha value is -3.55. The second-order valence-corrected chi connectivity index (χ2v) is 11.2. The van der Waals surface area contributed by atoms with Crippen molar-refractivity contribution in [1.82, 2.24) is 9.80 Å². The Balaban J connectivity index is 1.26. The fraction of sp³-hybridized carbons (Fsp3) is 0.394. The predicted octanol–water partition coefficient (Wildman–Crippen LogP) is 6.73. The molecular formula is C33H38ClN3O4. The molecule has 0 spiro atoms. The maximum atomic E-state index is 13.5. The fourth-order valence-corrected chi connectivity index (χ4v) is 5.67. The molecule has 7 nitrogen and oxygen atoms in total. The number of anilines is 1. The number of rotatable bonds is 3. The number of amides is 2. The topological polar surface area (TPSA) is 71.1 Å². The van der Waals surface area contributed by atoms with Gasteiger partial charge in [0.1, 0.15) is 0 Å². The first kappa shape index (κ1) is 29.0. The van der Waals surface area contributed by atoms with Crippen LogP contribution < -0.4 is 14.8 Å². The predicted molar refractivity (Wildman–Crippen MR) is 162 cm³/mol. The molecule has 0 saturated carbocycles. The summed E-state index contributed by atoms with van der Waals surface area (Å²) in [6, 6.07) is 23.2. The molecule has 1 N–H and O–H groups in total. The van der Waals surface area contributed by atoms with Crippen LogP contribution in [0, 0.1) is 0 Å². The number of para-hydroxylation sites is 2. The molecule has 41 heavy (non-hydrogen) atoms. The van der Waals surface area contributed by atoms with E-state index in [1.807, 2.05) is 30.3 Å². The summed E-state index contributed by atoms with van der Waals surface area (Å²) >= 11 is 6.27. The molecule has 3 aromatic rings. The quantitative estimate of drug-likeness (QED) is 0.375. The number of likely N-dealkylation sites (tertiary alicyclic amines) is 1. The van der Waals surface area contributed by atoms with E-state index in [1.54, 1.807) is 23.1 Å². The lowest BCUT2D eigenvalue weighted by Gasteiger charge is -2.33. The Morgan fingerprint density at radius 3 is 2.39 bits per heavy atom. The zero-order valence-corrected chi connectivity index (χ0v) is 24.2. The number of ether oxygens (including phenoxy) is 2. The molecule has 3 aromatic carbocycles. The van der Waals surface area contributed by atoms with Crippen molar-refractivity contribution < 1.29 is 19.1 Å². The molecule has 1 fully saturated rings. The van der Waals surface area contributed by atoms with E-state index in [9.17, 15) is 9.59 Å². The molecular weight excluding hydrogens is 538 g/mol. The van der Waals surface area contributed by atoms with Gasteiger partial charge in [0.2, 0.25) is 11.8 Å². The van der Waals surface area contributed by atoms with E-state index in [4.69, 9.17) is 21.1 Å². The van der Waals surface area contributed by atoms with E-state index in [1.165, 1.54) is 5.56 Å². The van der Waals surface area contributed by atoms with Crippen molar-refractivity contribution in [2.24, 2.45) is 0 Å². The van der Waals surface area contributed by atoms with E-state index in [2.05, 4.69) is 34.5 Å². The normalized spacial score (nSPS) is 17.9. The smallest absolute Gasteiger partial charge is 0.244 e. The van der Waals surface area contributed by atoms with Gasteiger partial charge in [-0.3, -0.25) is 14.5 Å². The van der Waals surface area contributed by atoms with Crippen LogP contribution >= 0.6 is 11.6 Å². The molecule has 1 saturated heterocycles. The Morgan fingerprint density at radius 2 is 1.59 bits per heavy atom. The number of nitrogens with one attached hydrogen (secondary N) is 1. The molecule has 2 aliphatic heterocycles. The largest absolute Gasteiger partial charge is 0.490 e. The van der Waals surface area contributed by atoms with Gasteiger partial charge in [-0.2, -0.15) is 0 Å². The minimum absolute atomic E-state index is 0.0146. The number of nitrogens with zero attached hydrogens (tertiary/aromatic N) is 2. The third-order valence-electron chi connectivity index (χ3n) is 7.77.